The van der Waals surface area contributed by atoms with Gasteiger partial charge in [-0.2, -0.15) is 11.8 Å². The molecule has 7 nitrogen and oxygen atoms in total. The minimum Gasteiger partial charge on any atom is -0.503 e. The molecular weight excluding hydrogens is 538 g/mol. The Hall–Kier alpha value is -3.10. The van der Waals surface area contributed by atoms with Gasteiger partial charge in [0.15, 0.2) is 17.3 Å². The number of hydrogen-bond acceptors (Lipinski definition) is 8. The highest BCUT2D eigenvalue weighted by molar-refractivity contribution is 7.99. The highest BCUT2D eigenvalue weighted by Gasteiger charge is 2.42. The molecule has 4 rings (SSSR count). The number of ketones is 1. The van der Waals surface area contributed by atoms with Gasteiger partial charge in [-0.25, -0.2) is 4.79 Å². The molecule has 39 heavy (non-hydrogen) atoms. The molecule has 9 heteroatoms. The number of halogens is 1. The summed E-state index contributed by atoms with van der Waals surface area (Å²) in [5.41, 5.74) is 3.90. The summed E-state index contributed by atoms with van der Waals surface area (Å²) in [7, 11) is 1.62. The molecule has 208 valence electrons. The third-order valence-corrected chi connectivity index (χ3v) is 8.14. The molecule has 0 spiro atoms. The number of methoxy groups -OCH3 is 1. The summed E-state index contributed by atoms with van der Waals surface area (Å²) < 4.78 is 16.6. The van der Waals surface area contributed by atoms with E-state index in [1.807, 2.05) is 38.1 Å². The molecule has 1 aliphatic heterocycles. The number of phenolic OH excluding ortho intramolecular Hbond substituents is 1. The Balaban J connectivity index is 1.77. The number of allylic oxidation sites excluding steroid dienone is 3. The van der Waals surface area contributed by atoms with E-state index in [0.29, 0.717) is 47.6 Å². The summed E-state index contributed by atoms with van der Waals surface area (Å²) in [5.74, 6) is 1.10. The third kappa shape index (κ3) is 6.23. The van der Waals surface area contributed by atoms with Gasteiger partial charge in [-0.05, 0) is 67.3 Å². The molecule has 0 aromatic heterocycles. The fourth-order valence-corrected chi connectivity index (χ4v) is 5.91. The van der Waals surface area contributed by atoms with Gasteiger partial charge >= 0.3 is 5.97 Å². The van der Waals surface area contributed by atoms with Crippen molar-refractivity contribution in [3.63, 3.8) is 0 Å². The van der Waals surface area contributed by atoms with Gasteiger partial charge in [0.2, 0.25) is 0 Å². The molecule has 2 aromatic carbocycles. The average Bonchev–Trinajstić information content (AvgIpc) is 2.92. The van der Waals surface area contributed by atoms with Crippen molar-refractivity contribution in [1.82, 2.24) is 5.32 Å². The van der Waals surface area contributed by atoms with Crippen molar-refractivity contribution in [3.05, 3.63) is 75.1 Å². The number of hydrogen-bond donors (Lipinski definition) is 2. The van der Waals surface area contributed by atoms with E-state index in [4.69, 9.17) is 25.8 Å². The number of Topliss-reactive ketones (excluding diaryl/α,β-unsaturated/α-hetero) is 1. The second-order valence-electron chi connectivity index (χ2n) is 9.41. The SMILES string of the molecule is CCOc1cc([C@@H]2C(C(=O)OCCSCC)=C(C)NC3=C2C(=O)C[C@@H](c2ccc(OC)cc2)C3)cc(Cl)c1O. The van der Waals surface area contributed by atoms with Crippen molar-refractivity contribution in [1.29, 1.82) is 0 Å². The van der Waals surface area contributed by atoms with Crippen LogP contribution in [0.15, 0.2) is 58.9 Å². The van der Waals surface area contributed by atoms with E-state index >= 15 is 0 Å². The summed E-state index contributed by atoms with van der Waals surface area (Å²) in [6, 6.07) is 11.0. The van der Waals surface area contributed by atoms with Crippen molar-refractivity contribution in [3.8, 4) is 17.2 Å². The van der Waals surface area contributed by atoms with Crippen LogP contribution in [-0.2, 0) is 14.3 Å². The molecule has 0 radical (unpaired) electrons. The Morgan fingerprint density at radius 2 is 1.90 bits per heavy atom. The lowest BCUT2D eigenvalue weighted by Gasteiger charge is -2.37. The molecule has 1 heterocycles. The lowest BCUT2D eigenvalue weighted by atomic mass is 9.71. The van der Waals surface area contributed by atoms with Crippen molar-refractivity contribution in [2.45, 2.75) is 45.4 Å². The van der Waals surface area contributed by atoms with Crippen LogP contribution in [0.3, 0.4) is 0 Å². The minimum atomic E-state index is -0.714. The number of dihydropyridines is 1. The zero-order chi connectivity index (χ0) is 28.1. The predicted octanol–water partition coefficient (Wildman–Crippen LogP) is 6.11. The number of benzene rings is 2. The Morgan fingerprint density at radius 1 is 1.15 bits per heavy atom. The van der Waals surface area contributed by atoms with Crippen molar-refractivity contribution in [2.75, 3.05) is 31.8 Å². The standard InChI is InChI=1S/C30H34ClNO6S/c1-5-37-25-16-20(13-22(31)29(25)34)27-26(30(35)38-11-12-39-6-2)17(3)32-23-14-19(15-24(33)28(23)27)18-7-9-21(36-4)10-8-18/h7-10,13,16,19,27,32,34H,5-6,11-12,14-15H2,1-4H3/t19-,27+/m0/s1. The van der Waals surface area contributed by atoms with Gasteiger partial charge in [-0.1, -0.05) is 30.7 Å². The molecule has 2 atom stereocenters. The maximum absolute atomic E-state index is 13.8. The van der Waals surface area contributed by atoms with Gasteiger partial charge < -0.3 is 24.6 Å². The zero-order valence-corrected chi connectivity index (χ0v) is 24.2. The van der Waals surface area contributed by atoms with E-state index in [9.17, 15) is 14.7 Å². The smallest absolute Gasteiger partial charge is 0.336 e. The van der Waals surface area contributed by atoms with E-state index in [-0.39, 0.29) is 34.8 Å². The van der Waals surface area contributed by atoms with Crippen LogP contribution in [0.1, 0.15) is 56.6 Å². The van der Waals surface area contributed by atoms with Crippen LogP contribution >= 0.6 is 23.4 Å². The fraction of sp³-hybridized carbons (Fsp3) is 0.400. The number of rotatable bonds is 10. The number of aromatic hydroxyl groups is 1. The Labute approximate surface area is 238 Å². The molecule has 0 saturated heterocycles. The van der Waals surface area contributed by atoms with E-state index in [2.05, 4.69) is 5.32 Å². The van der Waals surface area contributed by atoms with Crippen LogP contribution in [-0.4, -0.2) is 48.7 Å². The molecule has 2 aliphatic rings. The van der Waals surface area contributed by atoms with Crippen LogP contribution < -0.4 is 14.8 Å². The highest BCUT2D eigenvalue weighted by atomic mass is 35.5. The van der Waals surface area contributed by atoms with E-state index < -0.39 is 11.9 Å². The summed E-state index contributed by atoms with van der Waals surface area (Å²) in [6.45, 7) is 6.25. The quantitative estimate of drug-likeness (QED) is 0.260. The predicted molar refractivity (Wildman–Crippen MR) is 154 cm³/mol. The van der Waals surface area contributed by atoms with Gasteiger partial charge in [-0.15, -0.1) is 0 Å². The number of thioether (sulfide) groups is 1. The largest absolute Gasteiger partial charge is 0.503 e. The highest BCUT2D eigenvalue weighted by Crippen LogP contribution is 2.48. The van der Waals surface area contributed by atoms with Crippen molar-refractivity contribution >= 4 is 35.1 Å². The van der Waals surface area contributed by atoms with E-state index in [1.54, 1.807) is 37.9 Å². The Morgan fingerprint density at radius 3 is 2.56 bits per heavy atom. The Bertz CT molecular complexity index is 1300. The second kappa shape index (κ2) is 12.8. The number of ether oxygens (including phenoxy) is 3. The second-order valence-corrected chi connectivity index (χ2v) is 11.2. The molecule has 0 bridgehead atoms. The summed E-state index contributed by atoms with van der Waals surface area (Å²) in [4.78, 5) is 27.3. The summed E-state index contributed by atoms with van der Waals surface area (Å²) >= 11 is 8.09. The van der Waals surface area contributed by atoms with Gasteiger partial charge in [0, 0.05) is 35.1 Å². The molecule has 0 unspecified atom stereocenters. The minimum absolute atomic E-state index is 0.0231. The zero-order valence-electron chi connectivity index (χ0n) is 22.6. The molecule has 0 fully saturated rings. The lowest BCUT2D eigenvalue weighted by molar-refractivity contribution is -0.138. The molecule has 0 amide bonds. The Kier molecular flexibility index (Phi) is 9.51. The third-order valence-electron chi connectivity index (χ3n) is 6.98. The number of esters is 1. The lowest BCUT2D eigenvalue weighted by Crippen LogP contribution is -2.36. The first kappa shape index (κ1) is 28.9. The first-order valence-electron chi connectivity index (χ1n) is 13.1. The number of carbonyl (C=O) groups is 2. The van der Waals surface area contributed by atoms with Gasteiger partial charge in [0.05, 0.1) is 24.3 Å². The maximum Gasteiger partial charge on any atom is 0.336 e. The van der Waals surface area contributed by atoms with E-state index in [1.165, 1.54) is 0 Å². The van der Waals surface area contributed by atoms with Crippen LogP contribution in [0.4, 0.5) is 0 Å². The average molecular weight is 572 g/mol. The normalized spacial score (nSPS) is 18.9. The number of nitrogens with one attached hydrogen (secondary N) is 1. The molecule has 2 N–H and O–H groups in total. The molecule has 1 aliphatic carbocycles. The van der Waals surface area contributed by atoms with E-state index in [0.717, 1.165) is 22.8 Å². The number of carbonyl (C=O) groups excluding carboxylic acids is 2. The van der Waals surface area contributed by atoms with Gasteiger partial charge in [0.1, 0.15) is 12.4 Å². The summed E-state index contributed by atoms with van der Waals surface area (Å²) in [6.07, 6.45) is 0.892. The van der Waals surface area contributed by atoms with Gasteiger partial charge in [-0.3, -0.25) is 4.79 Å². The molecule has 0 saturated carbocycles. The first-order chi connectivity index (χ1) is 18.8. The van der Waals surface area contributed by atoms with Crippen LogP contribution in [0.5, 0.6) is 17.2 Å². The van der Waals surface area contributed by atoms with Gasteiger partial charge in [0.25, 0.3) is 0 Å². The molecular formula is C30H34ClNO6S. The summed E-state index contributed by atoms with van der Waals surface area (Å²) in [5, 5.41) is 13.9. The van der Waals surface area contributed by atoms with Crippen LogP contribution in [0, 0.1) is 0 Å². The topological polar surface area (TPSA) is 94.1 Å². The van der Waals surface area contributed by atoms with Crippen molar-refractivity contribution < 1.29 is 28.9 Å². The first-order valence-corrected chi connectivity index (χ1v) is 14.6. The number of phenols is 1. The maximum atomic E-state index is 13.8. The van der Waals surface area contributed by atoms with Crippen LogP contribution in [0.25, 0.3) is 0 Å². The van der Waals surface area contributed by atoms with Crippen LogP contribution in [0.2, 0.25) is 5.02 Å². The fourth-order valence-electron chi connectivity index (χ4n) is 5.20. The monoisotopic (exact) mass is 571 g/mol. The van der Waals surface area contributed by atoms with Crippen molar-refractivity contribution in [2.24, 2.45) is 0 Å². The molecule has 2 aromatic rings.